The molecule has 0 aromatic carbocycles. The van der Waals surface area contributed by atoms with Gasteiger partial charge in [0.2, 0.25) is 0 Å². The van der Waals surface area contributed by atoms with E-state index in [9.17, 15) is 0 Å². The van der Waals surface area contributed by atoms with Crippen molar-refractivity contribution in [2.24, 2.45) is 0 Å². The lowest BCUT2D eigenvalue weighted by molar-refractivity contribution is 0.448. The molecule has 1 aliphatic carbocycles. The van der Waals surface area contributed by atoms with Gasteiger partial charge in [0.05, 0.1) is 12.6 Å². The first kappa shape index (κ1) is 8.11. The smallest absolute Gasteiger partial charge is 0.107 e. The maximum atomic E-state index is 8.86. The van der Waals surface area contributed by atoms with Crippen LogP contribution in [0.2, 0.25) is 0 Å². The van der Waals surface area contributed by atoms with Crippen molar-refractivity contribution < 1.29 is 0 Å². The molecule has 2 heteroatoms. The van der Waals surface area contributed by atoms with Crippen molar-refractivity contribution in [3.05, 3.63) is 0 Å². The van der Waals surface area contributed by atoms with E-state index in [0.29, 0.717) is 6.54 Å². The van der Waals surface area contributed by atoms with E-state index in [1.165, 1.54) is 0 Å². The molecule has 0 amide bonds. The molecule has 0 saturated heterocycles. The third-order valence-corrected chi connectivity index (χ3v) is 2.20. The molecular formula is C9H12N2. The Bertz CT molecular complexity index is 201. The van der Waals surface area contributed by atoms with Crippen molar-refractivity contribution in [3.63, 3.8) is 0 Å². The van der Waals surface area contributed by atoms with Crippen LogP contribution in [0.1, 0.15) is 25.7 Å². The molecule has 0 aromatic rings. The van der Waals surface area contributed by atoms with Gasteiger partial charge in [-0.1, -0.05) is 18.8 Å². The van der Waals surface area contributed by atoms with Crippen LogP contribution < -0.4 is 5.32 Å². The maximum absolute atomic E-state index is 8.86. The molecule has 58 valence electrons. The Morgan fingerprint density at radius 2 is 2.09 bits per heavy atom. The molecule has 0 heterocycles. The zero-order valence-corrected chi connectivity index (χ0v) is 6.56. The summed E-state index contributed by atoms with van der Waals surface area (Å²) in [6.45, 7) is 0.508. The van der Waals surface area contributed by atoms with Gasteiger partial charge in [-0.15, -0.1) is 6.42 Å². The van der Waals surface area contributed by atoms with E-state index in [0.717, 1.165) is 25.7 Å². The number of nitriles is 1. The Balaban J connectivity index is 2.49. The molecular weight excluding hydrogens is 136 g/mol. The Morgan fingerprint density at radius 1 is 1.45 bits per heavy atom. The van der Waals surface area contributed by atoms with E-state index in [4.69, 9.17) is 11.7 Å². The molecule has 0 atom stereocenters. The molecule has 0 bridgehead atoms. The molecule has 1 N–H and O–H groups in total. The first-order chi connectivity index (χ1) is 5.33. The molecule has 11 heavy (non-hydrogen) atoms. The van der Waals surface area contributed by atoms with Gasteiger partial charge in [-0.3, -0.25) is 5.32 Å². The molecule has 1 fully saturated rings. The molecule has 0 unspecified atom stereocenters. The van der Waals surface area contributed by atoms with Crippen molar-refractivity contribution in [2.45, 2.75) is 31.2 Å². The Labute approximate surface area is 67.6 Å². The minimum Gasteiger partial charge on any atom is -0.288 e. The normalized spacial score (nSPS) is 20.5. The van der Waals surface area contributed by atoms with Gasteiger partial charge in [0, 0.05) is 0 Å². The van der Waals surface area contributed by atoms with Crippen molar-refractivity contribution in [1.82, 2.24) is 5.32 Å². The number of nitrogens with one attached hydrogen (secondary N) is 1. The number of terminal acetylenes is 1. The van der Waals surface area contributed by atoms with E-state index in [2.05, 4.69) is 17.3 Å². The van der Waals surface area contributed by atoms with E-state index in [-0.39, 0.29) is 5.54 Å². The quantitative estimate of drug-likeness (QED) is 0.594. The largest absolute Gasteiger partial charge is 0.288 e. The lowest BCUT2D eigenvalue weighted by Crippen LogP contribution is -2.41. The van der Waals surface area contributed by atoms with Gasteiger partial charge in [-0.05, 0) is 12.8 Å². The third-order valence-electron chi connectivity index (χ3n) is 2.20. The lowest BCUT2D eigenvalue weighted by atomic mass is 10.0. The second kappa shape index (κ2) is 3.42. The molecule has 0 radical (unpaired) electrons. The summed E-state index contributed by atoms with van der Waals surface area (Å²) < 4.78 is 0. The van der Waals surface area contributed by atoms with Gasteiger partial charge < -0.3 is 0 Å². The number of hydrogen-bond donors (Lipinski definition) is 1. The van der Waals surface area contributed by atoms with Gasteiger partial charge in [0.25, 0.3) is 0 Å². The Hall–Kier alpha value is -0.990. The van der Waals surface area contributed by atoms with Crippen LogP contribution >= 0.6 is 0 Å². The van der Waals surface area contributed by atoms with Gasteiger partial charge in [0.1, 0.15) is 5.54 Å². The van der Waals surface area contributed by atoms with Crippen LogP contribution in [0.15, 0.2) is 0 Å². The zero-order valence-electron chi connectivity index (χ0n) is 6.56. The average molecular weight is 148 g/mol. The van der Waals surface area contributed by atoms with Crippen LogP contribution in [0.4, 0.5) is 0 Å². The van der Waals surface area contributed by atoms with Crippen LogP contribution in [0.5, 0.6) is 0 Å². The maximum Gasteiger partial charge on any atom is 0.107 e. The number of hydrogen-bond acceptors (Lipinski definition) is 2. The van der Waals surface area contributed by atoms with Crippen molar-refractivity contribution in [3.8, 4) is 18.4 Å². The van der Waals surface area contributed by atoms with Crippen LogP contribution in [0, 0.1) is 23.7 Å². The SMILES string of the molecule is C#CCNC1(C#N)CCCC1. The average Bonchev–Trinajstić information content (AvgIpc) is 2.50. The van der Waals surface area contributed by atoms with Gasteiger partial charge in [0.15, 0.2) is 0 Å². The summed E-state index contributed by atoms with van der Waals surface area (Å²) in [6, 6.07) is 2.31. The topological polar surface area (TPSA) is 35.8 Å². The highest BCUT2D eigenvalue weighted by atomic mass is 15.0. The molecule has 0 aromatic heterocycles. The fraction of sp³-hybridized carbons (Fsp3) is 0.667. The van der Waals surface area contributed by atoms with Gasteiger partial charge >= 0.3 is 0 Å². The Morgan fingerprint density at radius 3 is 2.55 bits per heavy atom. The van der Waals surface area contributed by atoms with Crippen molar-refractivity contribution >= 4 is 0 Å². The fourth-order valence-corrected chi connectivity index (χ4v) is 1.53. The Kier molecular flexibility index (Phi) is 2.52. The predicted octanol–water partition coefficient (Wildman–Crippen LogP) is 1.05. The number of nitrogens with zero attached hydrogens (tertiary/aromatic N) is 1. The molecule has 2 nitrogen and oxygen atoms in total. The van der Waals surface area contributed by atoms with Crippen LogP contribution in [-0.2, 0) is 0 Å². The van der Waals surface area contributed by atoms with Crippen LogP contribution in [0.3, 0.4) is 0 Å². The third kappa shape index (κ3) is 1.73. The zero-order chi connectivity index (χ0) is 8.16. The van der Waals surface area contributed by atoms with Crippen LogP contribution in [0.25, 0.3) is 0 Å². The number of rotatable bonds is 2. The molecule has 1 aliphatic rings. The predicted molar refractivity (Wildman–Crippen MR) is 43.6 cm³/mol. The van der Waals surface area contributed by atoms with Gasteiger partial charge in [-0.2, -0.15) is 5.26 Å². The highest BCUT2D eigenvalue weighted by Gasteiger charge is 2.32. The minimum atomic E-state index is -0.299. The van der Waals surface area contributed by atoms with E-state index in [1.54, 1.807) is 0 Å². The van der Waals surface area contributed by atoms with Crippen molar-refractivity contribution in [1.29, 1.82) is 5.26 Å². The minimum absolute atomic E-state index is 0.299. The van der Waals surface area contributed by atoms with E-state index in [1.807, 2.05) is 0 Å². The van der Waals surface area contributed by atoms with Crippen molar-refractivity contribution in [2.75, 3.05) is 6.54 Å². The second-order valence-corrected chi connectivity index (χ2v) is 2.96. The summed E-state index contributed by atoms with van der Waals surface area (Å²) in [5.74, 6) is 2.49. The summed E-state index contributed by atoms with van der Waals surface area (Å²) >= 11 is 0. The fourth-order valence-electron chi connectivity index (χ4n) is 1.53. The summed E-state index contributed by atoms with van der Waals surface area (Å²) in [5, 5.41) is 12.0. The lowest BCUT2D eigenvalue weighted by Gasteiger charge is -2.19. The second-order valence-electron chi connectivity index (χ2n) is 2.96. The molecule has 1 saturated carbocycles. The monoisotopic (exact) mass is 148 g/mol. The molecule has 0 aliphatic heterocycles. The highest BCUT2D eigenvalue weighted by molar-refractivity contribution is 5.11. The molecule has 0 spiro atoms. The first-order valence-electron chi connectivity index (χ1n) is 3.93. The van der Waals surface area contributed by atoms with E-state index < -0.39 is 0 Å². The summed E-state index contributed by atoms with van der Waals surface area (Å²) in [7, 11) is 0. The summed E-state index contributed by atoms with van der Waals surface area (Å²) in [6.07, 6.45) is 9.29. The highest BCUT2D eigenvalue weighted by Crippen LogP contribution is 2.28. The summed E-state index contributed by atoms with van der Waals surface area (Å²) in [5.41, 5.74) is -0.299. The van der Waals surface area contributed by atoms with Gasteiger partial charge in [-0.25, -0.2) is 0 Å². The standard InChI is InChI=1S/C9H12N2/c1-2-7-11-9(8-10)5-3-4-6-9/h1,11H,3-7H2. The van der Waals surface area contributed by atoms with Crippen LogP contribution in [-0.4, -0.2) is 12.1 Å². The van der Waals surface area contributed by atoms with E-state index >= 15 is 0 Å². The molecule has 1 rings (SSSR count). The summed E-state index contributed by atoms with van der Waals surface area (Å²) in [4.78, 5) is 0. The first-order valence-corrected chi connectivity index (χ1v) is 3.93.